The normalized spacial score (nSPS) is 11.3. The van der Waals surface area contributed by atoms with Crippen molar-refractivity contribution in [3.8, 4) is 0 Å². The maximum atomic E-state index is 11.8. The summed E-state index contributed by atoms with van der Waals surface area (Å²) in [6.07, 6.45) is 2.41. The maximum Gasteiger partial charge on any atom is 0.279 e. The van der Waals surface area contributed by atoms with Gasteiger partial charge in [-0.3, -0.25) is 9.52 Å². The summed E-state index contributed by atoms with van der Waals surface area (Å²) in [5.74, 6) is -0.687. The van der Waals surface area contributed by atoms with E-state index in [0.717, 1.165) is 11.3 Å². The molecule has 17 heavy (non-hydrogen) atoms. The van der Waals surface area contributed by atoms with E-state index in [4.69, 9.17) is 5.73 Å². The lowest BCUT2D eigenvalue weighted by atomic mass is 10.3. The Hall–Kier alpha value is -1.87. The van der Waals surface area contributed by atoms with Crippen molar-refractivity contribution in [1.29, 1.82) is 0 Å². The van der Waals surface area contributed by atoms with E-state index < -0.39 is 15.9 Å². The summed E-state index contributed by atoms with van der Waals surface area (Å²) in [4.78, 5) is 17.1. The number of carbonyl (C=O) groups excluding carboxylic acids is 1. The minimum atomic E-state index is -3.76. The number of primary amides is 1. The van der Waals surface area contributed by atoms with Crippen molar-refractivity contribution in [2.45, 2.75) is 5.03 Å². The monoisotopic (exact) mass is 272 g/mol. The number of thiophene rings is 1. The molecule has 2 aromatic heterocycles. The molecule has 0 aliphatic heterocycles. The van der Waals surface area contributed by atoms with E-state index in [9.17, 15) is 13.2 Å². The Balaban J connectivity index is 2.33. The van der Waals surface area contributed by atoms with E-state index in [0.29, 0.717) is 0 Å². The average Bonchev–Trinajstić information content (AvgIpc) is 2.85. The SMILES string of the molecule is NC(=O)c1ccsc1NS(=O)(=O)c1cnc[nH]1. The van der Waals surface area contributed by atoms with Gasteiger partial charge in [0.15, 0.2) is 5.03 Å². The summed E-state index contributed by atoms with van der Waals surface area (Å²) in [7, 11) is -3.76. The number of hydrogen-bond donors (Lipinski definition) is 3. The van der Waals surface area contributed by atoms with Crippen LogP contribution in [0.3, 0.4) is 0 Å². The molecule has 0 fully saturated rings. The molecular weight excluding hydrogens is 264 g/mol. The van der Waals surface area contributed by atoms with Crippen LogP contribution in [0.2, 0.25) is 0 Å². The smallest absolute Gasteiger partial charge is 0.279 e. The summed E-state index contributed by atoms with van der Waals surface area (Å²) >= 11 is 1.08. The third kappa shape index (κ3) is 2.29. The van der Waals surface area contributed by atoms with Gasteiger partial charge >= 0.3 is 0 Å². The van der Waals surface area contributed by atoms with Gasteiger partial charge in [-0.25, -0.2) is 4.98 Å². The zero-order chi connectivity index (χ0) is 12.5. The van der Waals surface area contributed by atoms with Gasteiger partial charge in [-0.1, -0.05) is 0 Å². The quantitative estimate of drug-likeness (QED) is 0.745. The van der Waals surface area contributed by atoms with Crippen LogP contribution in [0.15, 0.2) is 29.0 Å². The molecule has 0 aromatic carbocycles. The number of aromatic amines is 1. The fourth-order valence-corrected chi connectivity index (χ4v) is 3.18. The molecule has 0 aliphatic carbocycles. The number of anilines is 1. The van der Waals surface area contributed by atoms with E-state index in [1.165, 1.54) is 18.6 Å². The Bertz CT molecular complexity index is 630. The van der Waals surface area contributed by atoms with E-state index in [1.807, 2.05) is 0 Å². The largest absolute Gasteiger partial charge is 0.366 e. The lowest BCUT2D eigenvalue weighted by Crippen LogP contribution is -2.17. The van der Waals surface area contributed by atoms with Crippen LogP contribution >= 0.6 is 11.3 Å². The number of sulfonamides is 1. The highest BCUT2D eigenvalue weighted by Gasteiger charge is 2.19. The topological polar surface area (TPSA) is 118 Å². The first kappa shape index (κ1) is 11.6. The third-order valence-corrected chi connectivity index (χ3v) is 4.15. The van der Waals surface area contributed by atoms with E-state index in [1.54, 1.807) is 5.38 Å². The molecule has 0 aliphatic rings. The Morgan fingerprint density at radius 1 is 1.53 bits per heavy atom. The van der Waals surface area contributed by atoms with Crippen LogP contribution in [0.1, 0.15) is 10.4 Å². The molecule has 2 rings (SSSR count). The molecule has 2 heterocycles. The van der Waals surface area contributed by atoms with Gasteiger partial charge in [0.1, 0.15) is 5.00 Å². The second kappa shape index (κ2) is 4.18. The molecule has 0 spiro atoms. The number of rotatable bonds is 4. The third-order valence-electron chi connectivity index (χ3n) is 1.92. The molecule has 0 unspecified atom stereocenters. The second-order valence-electron chi connectivity index (χ2n) is 3.05. The molecule has 1 amide bonds. The highest BCUT2D eigenvalue weighted by molar-refractivity contribution is 7.92. The van der Waals surface area contributed by atoms with E-state index >= 15 is 0 Å². The number of carbonyl (C=O) groups is 1. The molecule has 2 aromatic rings. The van der Waals surface area contributed by atoms with Crippen LogP contribution in [0.5, 0.6) is 0 Å². The van der Waals surface area contributed by atoms with Gasteiger partial charge in [0.05, 0.1) is 18.1 Å². The summed E-state index contributed by atoms with van der Waals surface area (Å²) in [6.45, 7) is 0. The highest BCUT2D eigenvalue weighted by atomic mass is 32.2. The Morgan fingerprint density at radius 3 is 2.88 bits per heavy atom. The standard InChI is InChI=1S/C8H8N4O3S2/c9-7(13)5-1-2-16-8(5)12-17(14,15)6-3-10-4-11-6/h1-4,12H,(H2,9,13)(H,10,11). The fourth-order valence-electron chi connectivity index (χ4n) is 1.15. The number of aromatic nitrogens is 2. The number of nitrogens with two attached hydrogens (primary N) is 1. The van der Waals surface area contributed by atoms with E-state index in [2.05, 4.69) is 14.7 Å². The second-order valence-corrected chi connectivity index (χ2v) is 5.62. The Labute approximate surface area is 101 Å². The number of H-pyrrole nitrogens is 1. The predicted octanol–water partition coefficient (Wildman–Crippen LogP) is 0.371. The molecule has 0 radical (unpaired) electrons. The van der Waals surface area contributed by atoms with Crippen molar-refractivity contribution in [3.05, 3.63) is 29.5 Å². The number of hydrogen-bond acceptors (Lipinski definition) is 5. The zero-order valence-electron chi connectivity index (χ0n) is 8.38. The Morgan fingerprint density at radius 2 is 2.29 bits per heavy atom. The first-order valence-corrected chi connectivity index (χ1v) is 6.75. The number of nitrogens with zero attached hydrogens (tertiary/aromatic N) is 1. The van der Waals surface area contributed by atoms with Crippen LogP contribution in [0, 0.1) is 0 Å². The minimum absolute atomic E-state index is 0.0821. The van der Waals surface area contributed by atoms with Gasteiger partial charge in [0.2, 0.25) is 0 Å². The van der Waals surface area contributed by atoms with Crippen molar-refractivity contribution in [2.75, 3.05) is 4.72 Å². The summed E-state index contributed by atoms with van der Waals surface area (Å²) in [5, 5.41) is 1.68. The van der Waals surface area contributed by atoms with Crippen molar-refractivity contribution < 1.29 is 13.2 Å². The number of nitrogens with one attached hydrogen (secondary N) is 2. The van der Waals surface area contributed by atoms with Gasteiger partial charge in [-0.15, -0.1) is 11.3 Å². The van der Waals surface area contributed by atoms with Gasteiger partial charge in [0.25, 0.3) is 15.9 Å². The molecule has 0 saturated carbocycles. The fraction of sp³-hybridized carbons (Fsp3) is 0. The first-order valence-electron chi connectivity index (χ1n) is 4.39. The van der Waals surface area contributed by atoms with Gasteiger partial charge in [0, 0.05) is 0 Å². The lowest BCUT2D eigenvalue weighted by Gasteiger charge is -2.04. The van der Waals surface area contributed by atoms with Crippen LogP contribution in [0.4, 0.5) is 5.00 Å². The summed E-state index contributed by atoms with van der Waals surface area (Å²) in [6, 6.07) is 1.46. The maximum absolute atomic E-state index is 11.8. The Kier molecular flexibility index (Phi) is 2.86. The van der Waals surface area contributed by atoms with Crippen molar-refractivity contribution in [1.82, 2.24) is 9.97 Å². The number of imidazole rings is 1. The van der Waals surface area contributed by atoms with Crippen molar-refractivity contribution in [2.24, 2.45) is 5.73 Å². The van der Waals surface area contributed by atoms with Crippen LogP contribution in [-0.2, 0) is 10.0 Å². The van der Waals surface area contributed by atoms with E-state index in [-0.39, 0.29) is 15.6 Å². The van der Waals surface area contributed by atoms with Gasteiger partial charge in [-0.05, 0) is 11.4 Å². The molecule has 0 saturated heterocycles. The molecular formula is C8H8N4O3S2. The van der Waals surface area contributed by atoms with Gasteiger partial charge in [-0.2, -0.15) is 8.42 Å². The van der Waals surface area contributed by atoms with Crippen LogP contribution in [-0.4, -0.2) is 24.3 Å². The summed E-state index contributed by atoms with van der Waals surface area (Å²) < 4.78 is 25.9. The number of amides is 1. The zero-order valence-corrected chi connectivity index (χ0v) is 10.0. The molecule has 4 N–H and O–H groups in total. The highest BCUT2D eigenvalue weighted by Crippen LogP contribution is 2.25. The van der Waals surface area contributed by atoms with Crippen molar-refractivity contribution in [3.63, 3.8) is 0 Å². The molecule has 9 heteroatoms. The molecule has 0 bridgehead atoms. The van der Waals surface area contributed by atoms with Crippen LogP contribution in [0.25, 0.3) is 0 Å². The molecule has 90 valence electrons. The average molecular weight is 272 g/mol. The lowest BCUT2D eigenvalue weighted by molar-refractivity contribution is 0.100. The molecule has 0 atom stereocenters. The predicted molar refractivity (Wildman–Crippen MR) is 62.2 cm³/mol. The minimum Gasteiger partial charge on any atom is -0.366 e. The van der Waals surface area contributed by atoms with Gasteiger partial charge < -0.3 is 10.7 Å². The van der Waals surface area contributed by atoms with Crippen LogP contribution < -0.4 is 10.5 Å². The first-order chi connectivity index (χ1) is 8.00. The van der Waals surface area contributed by atoms with Crippen molar-refractivity contribution >= 4 is 32.3 Å². The molecule has 7 nitrogen and oxygen atoms in total. The summed E-state index contributed by atoms with van der Waals surface area (Å²) in [5.41, 5.74) is 5.25.